The molecular weight excluding hydrogens is 190 g/mol. The van der Waals surface area contributed by atoms with Crippen LogP contribution in [0.3, 0.4) is 0 Å². The molecule has 1 aromatic carbocycles. The zero-order chi connectivity index (χ0) is 11.1. The van der Waals surface area contributed by atoms with E-state index in [2.05, 4.69) is 0 Å². The number of nitrogens with two attached hydrogens (primary N) is 1. The Morgan fingerprint density at radius 2 is 1.93 bits per heavy atom. The van der Waals surface area contributed by atoms with Crippen LogP contribution in [0.1, 0.15) is 18.6 Å². The molecule has 0 bridgehead atoms. The van der Waals surface area contributed by atoms with Gasteiger partial charge in [-0.2, -0.15) is 0 Å². The van der Waals surface area contributed by atoms with Crippen LogP contribution in [0.25, 0.3) is 0 Å². The molecule has 2 N–H and O–H groups in total. The standard InChI is InChI=1S/C12H19NO2/c1-3-15-12(11(13)9-14-2)10-7-5-4-6-8-10/h4-8,11-12H,3,9,13H2,1-2H3. The lowest BCUT2D eigenvalue weighted by Gasteiger charge is -2.23. The quantitative estimate of drug-likeness (QED) is 0.776. The van der Waals surface area contributed by atoms with Gasteiger partial charge in [0.25, 0.3) is 0 Å². The summed E-state index contributed by atoms with van der Waals surface area (Å²) >= 11 is 0. The highest BCUT2D eigenvalue weighted by Crippen LogP contribution is 2.20. The van der Waals surface area contributed by atoms with Gasteiger partial charge in [-0.25, -0.2) is 0 Å². The molecule has 0 saturated heterocycles. The molecule has 3 nitrogen and oxygen atoms in total. The number of methoxy groups -OCH3 is 1. The fourth-order valence-corrected chi connectivity index (χ4v) is 1.57. The molecule has 2 unspecified atom stereocenters. The summed E-state index contributed by atoms with van der Waals surface area (Å²) in [5, 5.41) is 0. The predicted octanol–water partition coefficient (Wildman–Crippen LogP) is 1.74. The highest BCUT2D eigenvalue weighted by atomic mass is 16.5. The van der Waals surface area contributed by atoms with Crippen molar-refractivity contribution >= 4 is 0 Å². The molecule has 0 aliphatic heterocycles. The van der Waals surface area contributed by atoms with Gasteiger partial charge in [0.1, 0.15) is 0 Å². The van der Waals surface area contributed by atoms with Gasteiger partial charge in [0, 0.05) is 13.7 Å². The average Bonchev–Trinajstić information content (AvgIpc) is 2.27. The lowest BCUT2D eigenvalue weighted by molar-refractivity contribution is 0.0199. The van der Waals surface area contributed by atoms with E-state index in [0.717, 1.165) is 5.56 Å². The summed E-state index contributed by atoms with van der Waals surface area (Å²) in [4.78, 5) is 0. The fraction of sp³-hybridized carbons (Fsp3) is 0.500. The molecule has 3 heteroatoms. The average molecular weight is 209 g/mol. The number of ether oxygens (including phenoxy) is 2. The predicted molar refractivity (Wildman–Crippen MR) is 60.7 cm³/mol. The van der Waals surface area contributed by atoms with Crippen molar-refractivity contribution in [2.24, 2.45) is 5.73 Å². The first-order valence-electron chi connectivity index (χ1n) is 5.20. The van der Waals surface area contributed by atoms with E-state index in [4.69, 9.17) is 15.2 Å². The third-order valence-electron chi connectivity index (χ3n) is 2.22. The summed E-state index contributed by atoms with van der Waals surface area (Å²) in [7, 11) is 1.65. The van der Waals surface area contributed by atoms with E-state index in [-0.39, 0.29) is 12.1 Å². The third-order valence-corrected chi connectivity index (χ3v) is 2.22. The maximum Gasteiger partial charge on any atom is 0.0998 e. The monoisotopic (exact) mass is 209 g/mol. The summed E-state index contributed by atoms with van der Waals surface area (Å²) in [6.45, 7) is 3.12. The topological polar surface area (TPSA) is 44.5 Å². The van der Waals surface area contributed by atoms with E-state index in [0.29, 0.717) is 13.2 Å². The van der Waals surface area contributed by atoms with Crippen LogP contribution < -0.4 is 5.73 Å². The van der Waals surface area contributed by atoms with Crippen molar-refractivity contribution in [3.63, 3.8) is 0 Å². The summed E-state index contributed by atoms with van der Waals surface area (Å²) in [5.41, 5.74) is 7.10. The summed E-state index contributed by atoms with van der Waals surface area (Å²) < 4.78 is 10.7. The van der Waals surface area contributed by atoms with Gasteiger partial charge < -0.3 is 15.2 Å². The van der Waals surface area contributed by atoms with Gasteiger partial charge in [0.15, 0.2) is 0 Å². The molecule has 0 radical (unpaired) electrons. The molecule has 0 amide bonds. The molecule has 0 aliphatic carbocycles. The zero-order valence-electron chi connectivity index (χ0n) is 9.35. The van der Waals surface area contributed by atoms with Gasteiger partial charge in [0.05, 0.1) is 18.8 Å². The van der Waals surface area contributed by atoms with E-state index in [1.807, 2.05) is 37.3 Å². The first kappa shape index (κ1) is 12.2. The summed E-state index contributed by atoms with van der Waals surface area (Å²) in [5.74, 6) is 0. The number of benzene rings is 1. The Bertz CT molecular complexity index is 264. The van der Waals surface area contributed by atoms with Crippen LogP contribution in [-0.2, 0) is 9.47 Å². The Morgan fingerprint density at radius 1 is 1.27 bits per heavy atom. The Kier molecular flexibility index (Phi) is 5.32. The number of rotatable bonds is 6. The zero-order valence-corrected chi connectivity index (χ0v) is 9.35. The fourth-order valence-electron chi connectivity index (χ4n) is 1.57. The Balaban J connectivity index is 2.73. The van der Waals surface area contributed by atoms with Crippen LogP contribution >= 0.6 is 0 Å². The van der Waals surface area contributed by atoms with Crippen molar-refractivity contribution in [3.8, 4) is 0 Å². The van der Waals surface area contributed by atoms with E-state index in [1.54, 1.807) is 7.11 Å². The molecule has 1 rings (SSSR count). The minimum absolute atomic E-state index is 0.0869. The van der Waals surface area contributed by atoms with Crippen molar-refractivity contribution in [1.29, 1.82) is 0 Å². The SMILES string of the molecule is CCOC(c1ccccc1)C(N)COC. The van der Waals surface area contributed by atoms with Crippen LogP contribution in [-0.4, -0.2) is 26.4 Å². The van der Waals surface area contributed by atoms with Crippen LogP contribution in [0.5, 0.6) is 0 Å². The number of hydrogen-bond acceptors (Lipinski definition) is 3. The van der Waals surface area contributed by atoms with E-state index < -0.39 is 0 Å². The van der Waals surface area contributed by atoms with Gasteiger partial charge in [0.2, 0.25) is 0 Å². The molecule has 0 aromatic heterocycles. The first-order chi connectivity index (χ1) is 7.29. The van der Waals surface area contributed by atoms with Crippen LogP contribution in [0.2, 0.25) is 0 Å². The van der Waals surface area contributed by atoms with Crippen LogP contribution in [0, 0.1) is 0 Å². The first-order valence-corrected chi connectivity index (χ1v) is 5.20. The maximum atomic E-state index is 6.00. The minimum Gasteiger partial charge on any atom is -0.383 e. The second-order valence-electron chi connectivity index (χ2n) is 3.41. The lowest BCUT2D eigenvalue weighted by Crippen LogP contribution is -2.34. The molecule has 0 spiro atoms. The summed E-state index contributed by atoms with van der Waals surface area (Å²) in [6.07, 6.45) is -0.0869. The molecular formula is C12H19NO2. The van der Waals surface area contributed by atoms with Crippen molar-refractivity contribution < 1.29 is 9.47 Å². The van der Waals surface area contributed by atoms with Gasteiger partial charge in [-0.3, -0.25) is 0 Å². The lowest BCUT2D eigenvalue weighted by atomic mass is 10.0. The smallest absolute Gasteiger partial charge is 0.0998 e. The molecule has 1 aromatic rings. The van der Waals surface area contributed by atoms with Gasteiger partial charge >= 0.3 is 0 Å². The van der Waals surface area contributed by atoms with E-state index in [1.165, 1.54) is 0 Å². The van der Waals surface area contributed by atoms with Gasteiger partial charge in [-0.15, -0.1) is 0 Å². The largest absolute Gasteiger partial charge is 0.383 e. The van der Waals surface area contributed by atoms with Crippen LogP contribution in [0.4, 0.5) is 0 Å². The van der Waals surface area contributed by atoms with Gasteiger partial charge in [-0.1, -0.05) is 30.3 Å². The van der Waals surface area contributed by atoms with Crippen molar-refractivity contribution in [1.82, 2.24) is 0 Å². The molecule has 2 atom stereocenters. The van der Waals surface area contributed by atoms with E-state index in [9.17, 15) is 0 Å². The third kappa shape index (κ3) is 3.63. The Hall–Kier alpha value is -0.900. The highest BCUT2D eigenvalue weighted by molar-refractivity contribution is 5.19. The molecule has 15 heavy (non-hydrogen) atoms. The second-order valence-corrected chi connectivity index (χ2v) is 3.41. The van der Waals surface area contributed by atoms with Crippen molar-refractivity contribution in [3.05, 3.63) is 35.9 Å². The van der Waals surface area contributed by atoms with Crippen LogP contribution in [0.15, 0.2) is 30.3 Å². The second kappa shape index (κ2) is 6.56. The molecule has 0 heterocycles. The van der Waals surface area contributed by atoms with Crippen molar-refractivity contribution in [2.75, 3.05) is 20.3 Å². The van der Waals surface area contributed by atoms with Gasteiger partial charge in [-0.05, 0) is 12.5 Å². The maximum absolute atomic E-state index is 6.00. The number of hydrogen-bond donors (Lipinski definition) is 1. The highest BCUT2D eigenvalue weighted by Gasteiger charge is 2.19. The Morgan fingerprint density at radius 3 is 2.47 bits per heavy atom. The van der Waals surface area contributed by atoms with Crippen molar-refractivity contribution in [2.45, 2.75) is 19.1 Å². The Labute approximate surface area is 91.2 Å². The minimum atomic E-state index is -0.127. The molecule has 0 aliphatic rings. The van der Waals surface area contributed by atoms with E-state index >= 15 is 0 Å². The summed E-state index contributed by atoms with van der Waals surface area (Å²) in [6, 6.07) is 9.87. The molecule has 0 saturated carbocycles. The normalized spacial score (nSPS) is 14.9. The molecule has 0 fully saturated rings. The molecule has 84 valence electrons.